The largest absolute Gasteiger partial charge is 0.481 e. The van der Waals surface area contributed by atoms with Crippen LogP contribution in [-0.2, 0) is 16.6 Å². The van der Waals surface area contributed by atoms with E-state index in [0.717, 1.165) is 31.4 Å². The summed E-state index contributed by atoms with van der Waals surface area (Å²) in [5.74, 6) is -1.18. The summed E-state index contributed by atoms with van der Waals surface area (Å²) in [5, 5.41) is 16.4. The van der Waals surface area contributed by atoms with Crippen LogP contribution in [0.5, 0.6) is 0 Å². The molecule has 1 saturated heterocycles. The van der Waals surface area contributed by atoms with E-state index in [2.05, 4.69) is 10.4 Å². The second-order valence-corrected chi connectivity index (χ2v) is 6.45. The topological polar surface area (TPSA) is 93.5 Å². The fourth-order valence-electron chi connectivity index (χ4n) is 3.33. The highest BCUT2D eigenvalue weighted by Gasteiger charge is 2.33. The molecule has 0 spiro atoms. The number of hydrogen-bond acceptors (Lipinski definition) is 4. The van der Waals surface area contributed by atoms with Gasteiger partial charge in [-0.3, -0.25) is 14.3 Å². The van der Waals surface area contributed by atoms with Gasteiger partial charge in [-0.1, -0.05) is 0 Å². The molecule has 126 valence electrons. The number of amides is 1. The van der Waals surface area contributed by atoms with Crippen molar-refractivity contribution in [1.29, 1.82) is 0 Å². The van der Waals surface area contributed by atoms with Crippen molar-refractivity contribution in [3.8, 4) is 0 Å². The van der Waals surface area contributed by atoms with Gasteiger partial charge in [0.15, 0.2) is 0 Å². The van der Waals surface area contributed by atoms with E-state index < -0.39 is 11.9 Å². The van der Waals surface area contributed by atoms with Crippen molar-refractivity contribution in [2.45, 2.75) is 31.6 Å². The lowest BCUT2D eigenvalue weighted by atomic mass is 9.86. The highest BCUT2D eigenvalue weighted by molar-refractivity contribution is 5.95. The van der Waals surface area contributed by atoms with Crippen LogP contribution in [-0.4, -0.2) is 46.5 Å². The Balaban J connectivity index is 1.64. The second kappa shape index (κ2) is 6.70. The molecule has 0 radical (unpaired) electrons. The summed E-state index contributed by atoms with van der Waals surface area (Å²) < 4.78 is 7.03. The third-order valence-electron chi connectivity index (χ3n) is 4.83. The Morgan fingerprint density at radius 1 is 1.39 bits per heavy atom. The van der Waals surface area contributed by atoms with E-state index >= 15 is 0 Å². The van der Waals surface area contributed by atoms with Crippen molar-refractivity contribution in [3.63, 3.8) is 0 Å². The number of carboxylic acid groups (broad SMARTS) is 1. The molecule has 1 unspecified atom stereocenters. The summed E-state index contributed by atoms with van der Waals surface area (Å²) in [7, 11) is 1.84. The number of nitrogens with one attached hydrogen (secondary N) is 1. The van der Waals surface area contributed by atoms with E-state index in [1.807, 2.05) is 7.05 Å². The predicted octanol–water partition coefficient (Wildman–Crippen LogP) is 1.15. The number of ether oxygens (including phenoxy) is 1. The molecule has 0 aromatic carbocycles. The van der Waals surface area contributed by atoms with E-state index in [4.69, 9.17) is 4.74 Å². The predicted molar refractivity (Wildman–Crippen MR) is 82.2 cm³/mol. The van der Waals surface area contributed by atoms with E-state index in [9.17, 15) is 14.7 Å². The fraction of sp³-hybridized carbons (Fsp3) is 0.688. The van der Waals surface area contributed by atoms with Gasteiger partial charge in [0, 0.05) is 32.7 Å². The summed E-state index contributed by atoms with van der Waals surface area (Å²) in [4.78, 5) is 24.0. The van der Waals surface area contributed by atoms with Crippen molar-refractivity contribution < 1.29 is 19.4 Å². The number of aliphatic carboxylic acids is 1. The normalized spacial score (nSPS) is 20.2. The van der Waals surface area contributed by atoms with Gasteiger partial charge in [0.2, 0.25) is 0 Å². The number of hydrogen-bond donors (Lipinski definition) is 2. The molecule has 1 aliphatic carbocycles. The molecule has 1 aliphatic heterocycles. The van der Waals surface area contributed by atoms with Crippen LogP contribution in [0.25, 0.3) is 0 Å². The van der Waals surface area contributed by atoms with Gasteiger partial charge in [-0.25, -0.2) is 0 Å². The smallest absolute Gasteiger partial charge is 0.308 e. The van der Waals surface area contributed by atoms with Gasteiger partial charge in [-0.15, -0.1) is 0 Å². The first-order valence-electron chi connectivity index (χ1n) is 8.18. The highest BCUT2D eigenvalue weighted by atomic mass is 16.5. The quantitative estimate of drug-likeness (QED) is 0.820. The Morgan fingerprint density at radius 3 is 2.70 bits per heavy atom. The van der Waals surface area contributed by atoms with Crippen LogP contribution < -0.4 is 5.32 Å². The zero-order chi connectivity index (χ0) is 16.4. The zero-order valence-electron chi connectivity index (χ0n) is 13.3. The van der Waals surface area contributed by atoms with Crippen molar-refractivity contribution >= 4 is 11.9 Å². The standard InChI is InChI=1S/C16H23N3O4/c1-19-14(11-2-3-11)13(9-18-19)15(20)17-8-12(16(21)22)10-4-6-23-7-5-10/h9-12H,2-8H2,1H3,(H,17,20)(H,21,22). The van der Waals surface area contributed by atoms with Gasteiger partial charge in [0.05, 0.1) is 23.4 Å². The molecular weight excluding hydrogens is 298 g/mol. The molecule has 1 aromatic heterocycles. The molecule has 7 nitrogen and oxygen atoms in total. The molecule has 1 amide bonds. The highest BCUT2D eigenvalue weighted by Crippen LogP contribution is 2.41. The molecule has 1 atom stereocenters. The summed E-state index contributed by atoms with van der Waals surface area (Å²) in [5.41, 5.74) is 1.53. The lowest BCUT2D eigenvalue weighted by Crippen LogP contribution is -2.39. The van der Waals surface area contributed by atoms with E-state index in [0.29, 0.717) is 24.7 Å². The van der Waals surface area contributed by atoms with Crippen molar-refractivity contribution in [3.05, 3.63) is 17.5 Å². The molecule has 2 aliphatic rings. The monoisotopic (exact) mass is 321 g/mol. The van der Waals surface area contributed by atoms with Crippen molar-refractivity contribution in [1.82, 2.24) is 15.1 Å². The minimum Gasteiger partial charge on any atom is -0.481 e. The van der Waals surface area contributed by atoms with Crippen LogP contribution in [0.4, 0.5) is 0 Å². The Bertz CT molecular complexity index is 588. The second-order valence-electron chi connectivity index (χ2n) is 6.45. The Kier molecular flexibility index (Phi) is 4.66. The maximum Gasteiger partial charge on any atom is 0.308 e. The van der Waals surface area contributed by atoms with Crippen LogP contribution in [0.1, 0.15) is 47.7 Å². The van der Waals surface area contributed by atoms with E-state index in [1.165, 1.54) is 0 Å². The molecule has 7 heteroatoms. The number of aromatic nitrogens is 2. The molecular formula is C16H23N3O4. The number of carbonyl (C=O) groups excluding carboxylic acids is 1. The van der Waals surface area contributed by atoms with Crippen LogP contribution in [0.2, 0.25) is 0 Å². The zero-order valence-corrected chi connectivity index (χ0v) is 13.3. The molecule has 2 heterocycles. The molecule has 1 aromatic rings. The third-order valence-corrected chi connectivity index (χ3v) is 4.83. The van der Waals surface area contributed by atoms with Gasteiger partial charge < -0.3 is 15.2 Å². The molecule has 2 N–H and O–H groups in total. The fourth-order valence-corrected chi connectivity index (χ4v) is 3.33. The summed E-state index contributed by atoms with van der Waals surface area (Å²) in [6, 6.07) is 0. The Morgan fingerprint density at radius 2 is 2.09 bits per heavy atom. The minimum absolute atomic E-state index is 0.0540. The minimum atomic E-state index is -0.856. The van der Waals surface area contributed by atoms with Gasteiger partial charge in [-0.2, -0.15) is 5.10 Å². The SMILES string of the molecule is Cn1ncc(C(=O)NCC(C(=O)O)C2CCOCC2)c1C1CC1. The lowest BCUT2D eigenvalue weighted by molar-refractivity contribution is -0.144. The summed E-state index contributed by atoms with van der Waals surface area (Å²) >= 11 is 0. The average molecular weight is 321 g/mol. The van der Waals surface area contributed by atoms with Crippen molar-refractivity contribution in [2.24, 2.45) is 18.9 Å². The van der Waals surface area contributed by atoms with Gasteiger partial charge >= 0.3 is 5.97 Å². The summed E-state index contributed by atoms with van der Waals surface area (Å²) in [6.07, 6.45) is 5.20. The number of nitrogens with zero attached hydrogens (tertiary/aromatic N) is 2. The lowest BCUT2D eigenvalue weighted by Gasteiger charge is -2.27. The third kappa shape index (κ3) is 3.55. The van der Waals surface area contributed by atoms with Gasteiger partial charge in [-0.05, 0) is 31.6 Å². The van der Waals surface area contributed by atoms with Crippen molar-refractivity contribution in [2.75, 3.05) is 19.8 Å². The maximum atomic E-state index is 12.4. The first-order valence-corrected chi connectivity index (χ1v) is 8.18. The number of aryl methyl sites for hydroxylation is 1. The van der Waals surface area contributed by atoms with Crippen LogP contribution in [0, 0.1) is 11.8 Å². The number of carbonyl (C=O) groups is 2. The van der Waals surface area contributed by atoms with Crippen LogP contribution in [0.15, 0.2) is 6.20 Å². The van der Waals surface area contributed by atoms with Gasteiger partial charge in [0.25, 0.3) is 5.91 Å². The first kappa shape index (κ1) is 16.0. The van der Waals surface area contributed by atoms with E-state index in [1.54, 1.807) is 10.9 Å². The molecule has 0 bridgehead atoms. The van der Waals surface area contributed by atoms with Gasteiger partial charge in [0.1, 0.15) is 0 Å². The number of carboxylic acids is 1. The summed E-state index contributed by atoms with van der Waals surface area (Å²) in [6.45, 7) is 1.34. The Hall–Kier alpha value is -1.89. The van der Waals surface area contributed by atoms with Crippen LogP contribution in [0.3, 0.4) is 0 Å². The van der Waals surface area contributed by atoms with Crippen LogP contribution >= 0.6 is 0 Å². The molecule has 2 fully saturated rings. The molecule has 23 heavy (non-hydrogen) atoms. The molecule has 3 rings (SSSR count). The average Bonchev–Trinajstić information content (AvgIpc) is 3.30. The van der Waals surface area contributed by atoms with E-state index in [-0.39, 0.29) is 18.4 Å². The maximum absolute atomic E-state index is 12.4. The first-order chi connectivity index (χ1) is 11.1. The Labute approximate surface area is 135 Å². The molecule has 1 saturated carbocycles. The number of rotatable bonds is 6.